The van der Waals surface area contributed by atoms with Crippen molar-refractivity contribution in [3.05, 3.63) is 16.1 Å². The fraction of sp³-hybridized carbons (Fsp3) is 0.636. The Morgan fingerprint density at radius 3 is 3.00 bits per heavy atom. The van der Waals surface area contributed by atoms with Crippen LogP contribution in [-0.2, 0) is 11.2 Å². The summed E-state index contributed by atoms with van der Waals surface area (Å²) in [6.07, 6.45) is 2.74. The molecule has 1 amide bonds. The number of hydrogen-bond acceptors (Lipinski definition) is 4. The maximum Gasteiger partial charge on any atom is 0.220 e. The first-order valence-electron chi connectivity index (χ1n) is 5.51. The molecule has 0 saturated heterocycles. The van der Waals surface area contributed by atoms with E-state index in [1.807, 2.05) is 12.3 Å². The lowest BCUT2D eigenvalue weighted by Gasteiger charge is -2.02. The van der Waals surface area contributed by atoms with E-state index in [1.165, 1.54) is 0 Å². The number of rotatable bonds is 7. The van der Waals surface area contributed by atoms with Gasteiger partial charge in [0.15, 0.2) is 0 Å². The molecule has 0 aromatic carbocycles. The van der Waals surface area contributed by atoms with Crippen LogP contribution in [0.2, 0.25) is 0 Å². The Hall–Kier alpha value is -0.940. The predicted molar refractivity (Wildman–Crippen MR) is 64.5 cm³/mol. The molecule has 1 heterocycles. The van der Waals surface area contributed by atoms with Crippen LogP contribution in [0.25, 0.3) is 0 Å². The van der Waals surface area contributed by atoms with Gasteiger partial charge in [-0.3, -0.25) is 4.79 Å². The summed E-state index contributed by atoms with van der Waals surface area (Å²) >= 11 is 1.63. The maximum absolute atomic E-state index is 11.3. The Balaban J connectivity index is 2.08. The van der Waals surface area contributed by atoms with E-state index in [9.17, 15) is 4.79 Å². The van der Waals surface area contributed by atoms with Crippen LogP contribution in [-0.4, -0.2) is 29.1 Å². The van der Waals surface area contributed by atoms with Gasteiger partial charge < -0.3 is 10.4 Å². The standard InChI is InChI=1S/C11H18N2O2S/c1-9-8-16-11(13-9)5-6-12-10(15)4-2-3-7-14/h8,14H,2-7H2,1H3,(H,12,15). The van der Waals surface area contributed by atoms with Gasteiger partial charge in [0.2, 0.25) is 5.91 Å². The smallest absolute Gasteiger partial charge is 0.220 e. The highest BCUT2D eigenvalue weighted by atomic mass is 32.1. The van der Waals surface area contributed by atoms with Crippen molar-refractivity contribution in [2.75, 3.05) is 13.2 Å². The van der Waals surface area contributed by atoms with E-state index in [1.54, 1.807) is 11.3 Å². The average molecular weight is 242 g/mol. The van der Waals surface area contributed by atoms with Gasteiger partial charge in [-0.25, -0.2) is 4.98 Å². The topological polar surface area (TPSA) is 62.2 Å². The number of thiazole rings is 1. The second-order valence-corrected chi connectivity index (χ2v) is 4.61. The number of aryl methyl sites for hydroxylation is 1. The summed E-state index contributed by atoms with van der Waals surface area (Å²) in [5.74, 6) is 0.0572. The average Bonchev–Trinajstić information content (AvgIpc) is 2.65. The fourth-order valence-corrected chi connectivity index (χ4v) is 2.09. The molecule has 0 atom stereocenters. The molecule has 0 fully saturated rings. The molecular weight excluding hydrogens is 224 g/mol. The monoisotopic (exact) mass is 242 g/mol. The van der Waals surface area contributed by atoms with Gasteiger partial charge in [-0.05, 0) is 19.8 Å². The van der Waals surface area contributed by atoms with Crippen LogP contribution in [0, 0.1) is 6.92 Å². The number of aliphatic hydroxyl groups is 1. The van der Waals surface area contributed by atoms with Crippen molar-refractivity contribution < 1.29 is 9.90 Å². The lowest BCUT2D eigenvalue weighted by molar-refractivity contribution is -0.121. The molecule has 0 radical (unpaired) electrons. The Morgan fingerprint density at radius 1 is 1.56 bits per heavy atom. The third-order valence-electron chi connectivity index (χ3n) is 2.14. The second kappa shape index (κ2) is 7.35. The molecule has 0 aliphatic rings. The molecule has 1 rings (SSSR count). The van der Waals surface area contributed by atoms with Gasteiger partial charge >= 0.3 is 0 Å². The number of nitrogens with zero attached hydrogens (tertiary/aromatic N) is 1. The third-order valence-corrected chi connectivity index (χ3v) is 3.17. The zero-order valence-corrected chi connectivity index (χ0v) is 10.3. The first-order valence-corrected chi connectivity index (χ1v) is 6.39. The number of hydrogen-bond donors (Lipinski definition) is 2. The zero-order valence-electron chi connectivity index (χ0n) is 9.53. The van der Waals surface area contributed by atoms with Gasteiger partial charge in [-0.1, -0.05) is 0 Å². The molecule has 90 valence electrons. The van der Waals surface area contributed by atoms with Gasteiger partial charge in [0.05, 0.1) is 5.01 Å². The molecule has 0 unspecified atom stereocenters. The fourth-order valence-electron chi connectivity index (χ4n) is 1.31. The van der Waals surface area contributed by atoms with E-state index in [2.05, 4.69) is 10.3 Å². The molecule has 0 aliphatic carbocycles. The van der Waals surface area contributed by atoms with Crippen LogP contribution >= 0.6 is 11.3 Å². The minimum absolute atomic E-state index is 0.0572. The van der Waals surface area contributed by atoms with E-state index in [4.69, 9.17) is 5.11 Å². The molecule has 5 heteroatoms. The number of carbonyl (C=O) groups excluding carboxylic acids is 1. The van der Waals surface area contributed by atoms with Gasteiger partial charge in [0, 0.05) is 37.1 Å². The maximum atomic E-state index is 11.3. The zero-order chi connectivity index (χ0) is 11.8. The summed E-state index contributed by atoms with van der Waals surface area (Å²) in [5.41, 5.74) is 1.04. The minimum Gasteiger partial charge on any atom is -0.396 e. The number of unbranched alkanes of at least 4 members (excludes halogenated alkanes) is 1. The van der Waals surface area contributed by atoms with Crippen molar-refractivity contribution in [2.45, 2.75) is 32.6 Å². The molecule has 0 aliphatic heterocycles. The molecule has 4 nitrogen and oxygen atoms in total. The highest BCUT2D eigenvalue weighted by molar-refractivity contribution is 7.09. The number of aliphatic hydroxyl groups excluding tert-OH is 1. The van der Waals surface area contributed by atoms with Crippen molar-refractivity contribution in [1.82, 2.24) is 10.3 Å². The molecule has 0 saturated carbocycles. The summed E-state index contributed by atoms with van der Waals surface area (Å²) in [7, 11) is 0. The lowest BCUT2D eigenvalue weighted by atomic mass is 10.2. The van der Waals surface area contributed by atoms with Crippen LogP contribution in [0.15, 0.2) is 5.38 Å². The molecule has 2 N–H and O–H groups in total. The first-order chi connectivity index (χ1) is 7.72. The second-order valence-electron chi connectivity index (χ2n) is 3.66. The van der Waals surface area contributed by atoms with Gasteiger partial charge in [0.1, 0.15) is 0 Å². The van der Waals surface area contributed by atoms with Crippen molar-refractivity contribution in [1.29, 1.82) is 0 Å². The van der Waals surface area contributed by atoms with Gasteiger partial charge in [-0.15, -0.1) is 11.3 Å². The van der Waals surface area contributed by atoms with Crippen molar-refractivity contribution in [3.63, 3.8) is 0 Å². The quantitative estimate of drug-likeness (QED) is 0.708. The highest BCUT2D eigenvalue weighted by Gasteiger charge is 2.02. The summed E-state index contributed by atoms with van der Waals surface area (Å²) in [6.45, 7) is 2.77. The van der Waals surface area contributed by atoms with Crippen LogP contribution in [0.3, 0.4) is 0 Å². The van der Waals surface area contributed by atoms with Crippen LogP contribution in [0.4, 0.5) is 0 Å². The van der Waals surface area contributed by atoms with Crippen LogP contribution < -0.4 is 5.32 Å². The summed E-state index contributed by atoms with van der Waals surface area (Å²) in [6, 6.07) is 0. The Morgan fingerprint density at radius 2 is 2.38 bits per heavy atom. The van der Waals surface area contributed by atoms with E-state index < -0.39 is 0 Å². The Kier molecular flexibility index (Phi) is 6.03. The minimum atomic E-state index is 0.0572. The van der Waals surface area contributed by atoms with Crippen molar-refractivity contribution >= 4 is 17.2 Å². The highest BCUT2D eigenvalue weighted by Crippen LogP contribution is 2.08. The third kappa shape index (κ3) is 5.23. The number of carbonyl (C=O) groups is 1. The summed E-state index contributed by atoms with van der Waals surface area (Å²) in [5, 5.41) is 14.5. The molecule has 16 heavy (non-hydrogen) atoms. The molecular formula is C11H18N2O2S. The van der Waals surface area contributed by atoms with Crippen molar-refractivity contribution in [2.24, 2.45) is 0 Å². The Bertz CT molecular complexity index is 326. The van der Waals surface area contributed by atoms with Gasteiger partial charge in [0.25, 0.3) is 0 Å². The molecule has 1 aromatic heterocycles. The largest absolute Gasteiger partial charge is 0.396 e. The van der Waals surface area contributed by atoms with E-state index in [0.717, 1.165) is 23.5 Å². The van der Waals surface area contributed by atoms with Gasteiger partial charge in [-0.2, -0.15) is 0 Å². The number of nitrogens with one attached hydrogen (secondary N) is 1. The lowest BCUT2D eigenvalue weighted by Crippen LogP contribution is -2.25. The van der Waals surface area contributed by atoms with Crippen LogP contribution in [0.5, 0.6) is 0 Å². The predicted octanol–water partition coefficient (Wildman–Crippen LogP) is 1.27. The summed E-state index contributed by atoms with van der Waals surface area (Å²) in [4.78, 5) is 15.6. The van der Waals surface area contributed by atoms with Crippen LogP contribution in [0.1, 0.15) is 30.0 Å². The molecule has 0 spiro atoms. The van der Waals surface area contributed by atoms with E-state index >= 15 is 0 Å². The van der Waals surface area contributed by atoms with E-state index in [-0.39, 0.29) is 12.5 Å². The first kappa shape index (κ1) is 13.1. The molecule has 0 bridgehead atoms. The summed E-state index contributed by atoms with van der Waals surface area (Å²) < 4.78 is 0. The molecule has 1 aromatic rings. The normalized spacial score (nSPS) is 10.4. The SMILES string of the molecule is Cc1csc(CCNC(=O)CCCCO)n1. The van der Waals surface area contributed by atoms with Crippen molar-refractivity contribution in [3.8, 4) is 0 Å². The Labute approximate surface area is 99.7 Å². The number of aromatic nitrogens is 1. The van der Waals surface area contributed by atoms with E-state index in [0.29, 0.717) is 19.4 Å². The number of amides is 1.